The van der Waals surface area contributed by atoms with Gasteiger partial charge in [-0.3, -0.25) is 9.98 Å². The summed E-state index contributed by atoms with van der Waals surface area (Å²) in [6.07, 6.45) is 40.2. The Hall–Kier alpha value is -4.62. The minimum absolute atomic E-state index is 0. The molecule has 2 unspecified atom stereocenters. The fourth-order valence-electron chi connectivity index (χ4n) is 15.7. The number of oxazole rings is 1. The van der Waals surface area contributed by atoms with Gasteiger partial charge in [0.15, 0.2) is 25.0 Å². The van der Waals surface area contributed by atoms with E-state index in [4.69, 9.17) is 9.41 Å². The Kier molecular flexibility index (Phi) is 27.6. The predicted molar refractivity (Wildman–Crippen MR) is 379 cm³/mol. The summed E-state index contributed by atoms with van der Waals surface area (Å²) in [7, 11) is -1.82. The Labute approximate surface area is 626 Å². The summed E-state index contributed by atoms with van der Waals surface area (Å²) in [6.45, 7) is 20.5. The van der Waals surface area contributed by atoms with Gasteiger partial charge >= 0.3 is 26.4 Å². The molecule has 7 aromatic rings. The second-order valence-corrected chi connectivity index (χ2v) is 35.6. The number of anilines is 1. The van der Waals surface area contributed by atoms with Crippen molar-refractivity contribution in [3.63, 3.8) is 0 Å². The second-order valence-electron chi connectivity index (χ2n) is 30.0. The zero-order chi connectivity index (χ0) is 64.9. The Bertz CT molecular complexity index is 3820. The van der Waals surface area contributed by atoms with Crippen LogP contribution < -0.4 is 10.3 Å². The largest absolute Gasteiger partial charge is 2.00 e. The number of aliphatic hydroxyl groups is 1. The molecule has 0 bridgehead atoms. The Balaban J connectivity index is 0.000000179. The number of aliphatic imine (C=N–C) groups is 2. The van der Waals surface area contributed by atoms with Crippen molar-refractivity contribution in [2.24, 2.45) is 43.0 Å². The van der Waals surface area contributed by atoms with E-state index in [1.807, 2.05) is 82.6 Å². The number of nitrogens with one attached hydrogen (secondary N) is 1. The van der Waals surface area contributed by atoms with Crippen LogP contribution in [0, 0.1) is 33.0 Å². The fraction of sp³-hybridized carbons (Fsp3) is 0.533. The van der Waals surface area contributed by atoms with E-state index in [0.29, 0.717) is 50.1 Å². The third kappa shape index (κ3) is 18.3. The van der Waals surface area contributed by atoms with Gasteiger partial charge in [-0.05, 0) is 160 Å². The molecule has 15 nitrogen and oxygen atoms in total. The molecule has 0 spiro atoms. The van der Waals surface area contributed by atoms with Gasteiger partial charge in [0, 0.05) is 120 Å². The summed E-state index contributed by atoms with van der Waals surface area (Å²) in [6, 6.07) is 23.8. The molecule has 5 fully saturated rings. The molecule has 14 rings (SSSR count). The molecule has 2 aromatic carbocycles. The molecule has 4 N–H and O–H groups in total. The average Bonchev–Trinajstić information content (AvgIpc) is 1.62. The van der Waals surface area contributed by atoms with Crippen LogP contribution in [0.5, 0.6) is 11.0 Å². The van der Waals surface area contributed by atoms with Gasteiger partial charge in [-0.1, -0.05) is 179 Å². The van der Waals surface area contributed by atoms with Crippen molar-refractivity contribution in [2.75, 3.05) is 5.32 Å². The Morgan fingerprint density at radius 1 is 0.729 bits per heavy atom. The van der Waals surface area contributed by atoms with Gasteiger partial charge in [0.2, 0.25) is 5.89 Å². The first-order valence-electron chi connectivity index (χ1n) is 34.3. The number of para-hydroxylation sites is 2. The van der Waals surface area contributed by atoms with E-state index >= 15 is 0 Å². The summed E-state index contributed by atoms with van der Waals surface area (Å²) in [5, 5.41) is 55.3. The van der Waals surface area contributed by atoms with Crippen LogP contribution in [0.4, 0.5) is 5.95 Å². The smallest absolute Gasteiger partial charge is 0.811 e. The van der Waals surface area contributed by atoms with Gasteiger partial charge in [0.25, 0.3) is 0 Å². The number of nitrogens with zero attached hydrogens (tertiary/aromatic N) is 10. The first-order chi connectivity index (χ1) is 44.1. The first-order valence-corrected chi connectivity index (χ1v) is 38.1. The molecule has 1 radical (unpaired) electrons. The van der Waals surface area contributed by atoms with Gasteiger partial charge < -0.3 is 40.4 Å². The molecule has 7 aliphatic rings. The van der Waals surface area contributed by atoms with Crippen molar-refractivity contribution in [1.29, 1.82) is 0 Å². The number of benzene rings is 2. The maximum atomic E-state index is 10.6. The van der Waals surface area contributed by atoms with Crippen LogP contribution in [0.25, 0.3) is 39.3 Å². The number of aromatic hydroxyl groups is 2. The van der Waals surface area contributed by atoms with Crippen molar-refractivity contribution in [2.45, 2.75) is 222 Å². The molecule has 96 heavy (non-hydrogen) atoms. The van der Waals surface area contributed by atoms with Crippen LogP contribution >= 0.6 is 11.3 Å². The van der Waals surface area contributed by atoms with Gasteiger partial charge in [-0.15, -0.1) is 11.3 Å². The second kappa shape index (κ2) is 33.7. The molecular formula is C75H99CoN11O4Pd3SSi. The number of imidazole rings is 1. The summed E-state index contributed by atoms with van der Waals surface area (Å²) in [5.74, 6) is 1.11. The summed E-state index contributed by atoms with van der Waals surface area (Å²) < 4.78 is 9.38. The number of aromatic nitrogens is 7. The SMILES string of the molecule is CC(/C(=C/C=[N-])Nc1nc2ccccc2[n-]1)C1(C)CCCC1.CC1(C2=NC(c3nc(-c4ccccc4)oc3O)N=C2)CCCCC1.CC1(Cc2cc(-n3nccc3CC3(C)CCCC3)c(O)s2)CCCC1.CC1=CC(n2nccc2CC2(C)CCCC2)=C(O)[Si]1(C)C.[Co].[Pd+2].[Pd].[Pd]. The first kappa shape index (κ1) is 78.7. The summed E-state index contributed by atoms with van der Waals surface area (Å²) in [5.41, 5.74) is 10.8. The molecule has 5 saturated carbocycles. The summed E-state index contributed by atoms with van der Waals surface area (Å²) >= 11 is 1.54. The third-order valence-electron chi connectivity index (χ3n) is 22.2. The van der Waals surface area contributed by atoms with E-state index < -0.39 is 14.2 Å². The average molecular weight is 1660 g/mol. The van der Waals surface area contributed by atoms with Crippen molar-refractivity contribution in [3.05, 3.63) is 141 Å². The van der Waals surface area contributed by atoms with Crippen LogP contribution in [-0.2, 0) is 97.3 Å². The maximum Gasteiger partial charge on any atom is 2.00 e. The number of rotatable bonds is 16. The standard InChI is InChI=1S/C21H30N2OS.C19H21N3O2.C18H22N4.C17H26N2OSi.Co.3Pd/c1-20(8-3-4-9-20)14-16-7-12-22-23(16)18-13-17(25-19(18)24)15-21(2)10-5-6-11-21;1-19(10-6-3-7-11-19)14-12-20-16(21-14)15-18(23)24-17(22-15)13-8-4-2-5-9-13;1-13(18(2)10-5-6-11-18)14(9-12-19)20-17-21-15-7-3-4-8-16(15)22-17;1-13-11-15(16(20)21(13,3)4)19-14(7-10-18-19)12-17(2)8-5-6-9-17;;;;/h7,12-13,24H,3-6,8-11,14-15H2,1-2H3;2,4-5,8-9,12,16,23H,3,6-7,10-11H2,1H3;3-4,7-9,12-13H,5-6,10-11H2,1-2H3,(H-,20,21,22);7,10-11,20H,5-6,8-9,12H2,1-4H3;;;;/q;;-2;;;;;+2/b;;14-9-;;;;;. The fourth-order valence-corrected chi connectivity index (χ4v) is 18.5. The van der Waals surface area contributed by atoms with Gasteiger partial charge in [0.05, 0.1) is 11.4 Å². The molecule has 0 saturated heterocycles. The molecular weight excluding hydrogens is 1560 g/mol. The van der Waals surface area contributed by atoms with Crippen LogP contribution in [0.3, 0.4) is 0 Å². The minimum atomic E-state index is -1.82. The Morgan fingerprint density at radius 3 is 1.84 bits per heavy atom. The molecule has 2 aliphatic heterocycles. The van der Waals surface area contributed by atoms with Crippen LogP contribution in [0.1, 0.15) is 211 Å². The van der Waals surface area contributed by atoms with Gasteiger partial charge in [-0.2, -0.15) is 16.4 Å². The molecule has 527 valence electrons. The quantitative estimate of drug-likeness (QED) is 0.0531. The number of aliphatic hydroxyl groups excluding tert-OH is 1. The number of hydrogen-bond acceptors (Lipinski definition) is 12. The maximum absolute atomic E-state index is 10.6. The van der Waals surface area contributed by atoms with E-state index in [0.717, 1.165) is 77.7 Å². The van der Waals surface area contributed by atoms with E-state index in [-0.39, 0.29) is 94.8 Å². The van der Waals surface area contributed by atoms with E-state index in [9.17, 15) is 20.7 Å². The molecule has 5 aliphatic carbocycles. The zero-order valence-electron chi connectivity index (χ0n) is 57.4. The molecule has 2 atom stereocenters. The normalized spacial score (nSPS) is 20.9. The topological polar surface area (TPSA) is 208 Å². The van der Waals surface area contributed by atoms with Crippen LogP contribution in [0.15, 0.2) is 128 Å². The molecule has 5 aromatic heterocycles. The summed E-state index contributed by atoms with van der Waals surface area (Å²) in [4.78, 5) is 23.9. The van der Waals surface area contributed by atoms with E-state index in [1.54, 1.807) is 17.4 Å². The monoisotopic (exact) mass is 1650 g/mol. The number of allylic oxidation sites excluding steroid dienone is 5. The Morgan fingerprint density at radius 2 is 1.27 bits per heavy atom. The van der Waals surface area contributed by atoms with Crippen molar-refractivity contribution in [3.8, 4) is 28.2 Å². The van der Waals surface area contributed by atoms with Gasteiger partial charge in [-0.25, -0.2) is 14.3 Å². The number of hydrogen-bond donors (Lipinski definition) is 4. The zero-order valence-corrected chi connectivity index (χ0v) is 65.0. The van der Waals surface area contributed by atoms with E-state index in [2.05, 4.69) is 121 Å². The van der Waals surface area contributed by atoms with Gasteiger partial charge in [0.1, 0.15) is 11.1 Å². The van der Waals surface area contributed by atoms with Crippen molar-refractivity contribution in [1.82, 2.24) is 34.5 Å². The molecule has 7 heterocycles. The van der Waals surface area contributed by atoms with E-state index in [1.165, 1.54) is 143 Å². The van der Waals surface area contributed by atoms with Crippen molar-refractivity contribution < 1.29 is 97.8 Å². The molecule has 21 heteroatoms. The predicted octanol–water partition coefficient (Wildman–Crippen LogP) is 19.2. The van der Waals surface area contributed by atoms with Crippen molar-refractivity contribution >= 4 is 60.2 Å². The minimum Gasteiger partial charge on any atom is -0.811 e. The number of thiophene rings is 1. The van der Waals surface area contributed by atoms with Crippen LogP contribution in [-0.4, -0.2) is 71.1 Å². The number of fused-ring (bicyclic) bond motifs is 1. The molecule has 0 amide bonds. The third-order valence-corrected chi connectivity index (χ3v) is 26.7. The van der Waals surface area contributed by atoms with Crippen LogP contribution in [0.2, 0.25) is 13.1 Å².